The van der Waals surface area contributed by atoms with Crippen LogP contribution in [0.1, 0.15) is 10.4 Å². The topological polar surface area (TPSA) is 54.9 Å². The van der Waals surface area contributed by atoms with Gasteiger partial charge in [0.2, 0.25) is 0 Å². The quantitative estimate of drug-likeness (QED) is 0.621. The largest absolute Gasteiger partial charge is 0.398 e. The van der Waals surface area contributed by atoms with Gasteiger partial charge in [0, 0.05) is 22.9 Å². The molecule has 0 atom stereocenters. The predicted molar refractivity (Wildman–Crippen MR) is 98.6 cm³/mol. The molecule has 0 saturated carbocycles. The first-order valence-electron chi connectivity index (χ1n) is 7.90. The van der Waals surface area contributed by atoms with Gasteiger partial charge in [0.05, 0.1) is 17.0 Å². The Kier molecular flexibility index (Phi) is 5.75. The van der Waals surface area contributed by atoms with Crippen LogP contribution in [-0.4, -0.2) is 27.8 Å². The summed E-state index contributed by atoms with van der Waals surface area (Å²) in [4.78, 5) is 21.1. The number of nitrogens with zero attached hydrogens (tertiary/aromatic N) is 2. The normalized spacial score (nSPS) is 11.2. The molecule has 2 aromatic carbocycles. The Bertz CT molecular complexity index is 915. The van der Waals surface area contributed by atoms with Crippen LogP contribution in [0.2, 0.25) is 0 Å². The van der Waals surface area contributed by atoms with Gasteiger partial charge in [0.1, 0.15) is 0 Å². The molecule has 138 valence electrons. The molecule has 8 heteroatoms. The summed E-state index contributed by atoms with van der Waals surface area (Å²) in [7, 11) is 0. The van der Waals surface area contributed by atoms with Crippen molar-refractivity contribution in [2.75, 3.05) is 11.1 Å². The van der Waals surface area contributed by atoms with Crippen LogP contribution in [0.25, 0.3) is 11.4 Å². The van der Waals surface area contributed by atoms with E-state index in [2.05, 4.69) is 15.3 Å². The lowest BCUT2D eigenvalue weighted by Crippen LogP contribution is -2.14. The number of anilines is 1. The van der Waals surface area contributed by atoms with Gasteiger partial charge >= 0.3 is 6.18 Å². The van der Waals surface area contributed by atoms with Gasteiger partial charge in [-0.05, 0) is 12.1 Å². The van der Waals surface area contributed by atoms with Crippen molar-refractivity contribution >= 4 is 23.4 Å². The second-order valence-corrected chi connectivity index (χ2v) is 6.53. The zero-order chi connectivity index (χ0) is 19.3. The lowest BCUT2D eigenvalue weighted by molar-refractivity contribution is -0.105. The Morgan fingerprint density at radius 1 is 0.963 bits per heavy atom. The zero-order valence-corrected chi connectivity index (χ0v) is 14.7. The molecule has 1 amide bonds. The Labute approximate surface area is 157 Å². The first-order chi connectivity index (χ1) is 12.9. The Morgan fingerprint density at radius 2 is 1.59 bits per heavy atom. The highest BCUT2D eigenvalue weighted by molar-refractivity contribution is 7.99. The highest BCUT2D eigenvalue weighted by Gasteiger charge is 2.27. The molecule has 0 spiro atoms. The lowest BCUT2D eigenvalue weighted by atomic mass is 10.2. The fraction of sp³-hybridized carbons (Fsp3) is 0.105. The van der Waals surface area contributed by atoms with Crippen molar-refractivity contribution < 1.29 is 18.0 Å². The van der Waals surface area contributed by atoms with E-state index in [-0.39, 0.29) is 5.56 Å². The average molecular weight is 389 g/mol. The minimum absolute atomic E-state index is 0.213. The number of halogens is 3. The summed E-state index contributed by atoms with van der Waals surface area (Å²) < 4.78 is 37.4. The molecular formula is C19H14F3N3OS. The third-order valence-corrected chi connectivity index (χ3v) is 4.61. The van der Waals surface area contributed by atoms with Crippen LogP contribution in [-0.2, 0) is 0 Å². The van der Waals surface area contributed by atoms with Gasteiger partial charge in [-0.15, -0.1) is 11.8 Å². The van der Waals surface area contributed by atoms with Crippen molar-refractivity contribution in [2.24, 2.45) is 0 Å². The van der Waals surface area contributed by atoms with E-state index < -0.39 is 17.8 Å². The standard InChI is InChI=1S/C19H14F3N3OS/c20-19(21,22)12-27-16-9-5-4-8-15(16)25-18(26)14-10-23-17(24-11-14)13-6-2-1-3-7-13/h1-11H,12H2,(H,25,26). The molecule has 1 N–H and O–H groups in total. The number of hydrogen-bond acceptors (Lipinski definition) is 4. The minimum Gasteiger partial charge on any atom is -0.321 e. The van der Waals surface area contributed by atoms with Crippen LogP contribution in [0.4, 0.5) is 18.9 Å². The fourth-order valence-electron chi connectivity index (χ4n) is 2.23. The highest BCUT2D eigenvalue weighted by atomic mass is 32.2. The molecule has 0 aliphatic rings. The number of carbonyl (C=O) groups excluding carboxylic acids is 1. The highest BCUT2D eigenvalue weighted by Crippen LogP contribution is 2.32. The number of alkyl halides is 3. The van der Waals surface area contributed by atoms with Gasteiger partial charge in [0.25, 0.3) is 5.91 Å². The second-order valence-electron chi connectivity index (χ2n) is 5.52. The molecule has 0 unspecified atom stereocenters. The van der Waals surface area contributed by atoms with Gasteiger partial charge in [0.15, 0.2) is 5.82 Å². The van der Waals surface area contributed by atoms with Crippen LogP contribution in [0.5, 0.6) is 0 Å². The minimum atomic E-state index is -4.29. The third kappa shape index (κ3) is 5.30. The number of aromatic nitrogens is 2. The molecule has 0 aliphatic carbocycles. The Morgan fingerprint density at radius 3 is 2.26 bits per heavy atom. The molecular weight excluding hydrogens is 375 g/mol. The van der Waals surface area contributed by atoms with Crippen molar-refractivity contribution in [2.45, 2.75) is 11.1 Å². The Hall–Kier alpha value is -2.87. The first kappa shape index (κ1) is 18.9. The fourth-order valence-corrected chi connectivity index (χ4v) is 3.00. The van der Waals surface area contributed by atoms with Crippen molar-refractivity contribution in [3.63, 3.8) is 0 Å². The molecule has 0 fully saturated rings. The van der Waals surface area contributed by atoms with Crippen molar-refractivity contribution in [3.05, 3.63) is 72.6 Å². The van der Waals surface area contributed by atoms with E-state index in [1.807, 2.05) is 30.3 Å². The number of carbonyl (C=O) groups is 1. The molecule has 1 heterocycles. The number of para-hydroxylation sites is 1. The van der Waals surface area contributed by atoms with E-state index in [9.17, 15) is 18.0 Å². The van der Waals surface area contributed by atoms with Crippen LogP contribution >= 0.6 is 11.8 Å². The smallest absolute Gasteiger partial charge is 0.321 e. The number of thioether (sulfide) groups is 1. The van der Waals surface area contributed by atoms with Crippen molar-refractivity contribution in [3.8, 4) is 11.4 Å². The summed E-state index contributed by atoms with van der Waals surface area (Å²) in [5.41, 5.74) is 1.34. The summed E-state index contributed by atoms with van der Waals surface area (Å²) in [6.45, 7) is 0. The molecule has 4 nitrogen and oxygen atoms in total. The number of hydrogen-bond donors (Lipinski definition) is 1. The summed E-state index contributed by atoms with van der Waals surface area (Å²) >= 11 is 0.620. The van der Waals surface area contributed by atoms with Crippen LogP contribution < -0.4 is 5.32 Å². The monoisotopic (exact) mass is 389 g/mol. The Balaban J connectivity index is 1.72. The van der Waals surface area contributed by atoms with E-state index in [4.69, 9.17) is 0 Å². The van der Waals surface area contributed by atoms with Gasteiger partial charge in [-0.25, -0.2) is 9.97 Å². The molecule has 1 aromatic heterocycles. The van der Waals surface area contributed by atoms with Gasteiger partial charge in [-0.3, -0.25) is 4.79 Å². The summed E-state index contributed by atoms with van der Waals surface area (Å²) in [5, 5.41) is 2.62. The molecule has 3 rings (SSSR count). The summed E-state index contributed by atoms with van der Waals surface area (Å²) in [6, 6.07) is 15.6. The SMILES string of the molecule is O=C(Nc1ccccc1SCC(F)(F)F)c1cnc(-c2ccccc2)nc1. The van der Waals surface area contributed by atoms with Crippen LogP contribution in [0, 0.1) is 0 Å². The number of rotatable bonds is 5. The maximum atomic E-state index is 12.5. The van der Waals surface area contributed by atoms with Crippen LogP contribution in [0.3, 0.4) is 0 Å². The van der Waals surface area contributed by atoms with Crippen LogP contribution in [0.15, 0.2) is 71.9 Å². The van der Waals surface area contributed by atoms with E-state index in [0.717, 1.165) is 5.56 Å². The van der Waals surface area contributed by atoms with E-state index in [1.165, 1.54) is 18.5 Å². The molecule has 0 radical (unpaired) electrons. The lowest BCUT2D eigenvalue weighted by Gasteiger charge is -2.12. The van der Waals surface area contributed by atoms with Crippen molar-refractivity contribution in [1.29, 1.82) is 0 Å². The summed E-state index contributed by atoms with van der Waals surface area (Å²) in [6.07, 6.45) is -1.52. The van der Waals surface area contributed by atoms with Gasteiger partial charge in [-0.1, -0.05) is 42.5 Å². The molecule has 27 heavy (non-hydrogen) atoms. The number of benzene rings is 2. The second kappa shape index (κ2) is 8.22. The van der Waals surface area contributed by atoms with Gasteiger partial charge < -0.3 is 5.32 Å². The number of amides is 1. The van der Waals surface area contributed by atoms with E-state index in [0.29, 0.717) is 28.2 Å². The maximum absolute atomic E-state index is 12.5. The van der Waals surface area contributed by atoms with E-state index >= 15 is 0 Å². The predicted octanol–water partition coefficient (Wildman–Crippen LogP) is 5.05. The maximum Gasteiger partial charge on any atom is 0.398 e. The zero-order valence-electron chi connectivity index (χ0n) is 13.9. The average Bonchev–Trinajstić information content (AvgIpc) is 2.67. The molecule has 0 saturated heterocycles. The summed E-state index contributed by atoms with van der Waals surface area (Å²) in [5.74, 6) is -1.04. The van der Waals surface area contributed by atoms with Crippen molar-refractivity contribution in [1.82, 2.24) is 9.97 Å². The first-order valence-corrected chi connectivity index (χ1v) is 8.88. The number of nitrogens with one attached hydrogen (secondary N) is 1. The van der Waals surface area contributed by atoms with E-state index in [1.54, 1.807) is 18.2 Å². The molecule has 0 aliphatic heterocycles. The molecule has 0 bridgehead atoms. The van der Waals surface area contributed by atoms with Gasteiger partial charge in [-0.2, -0.15) is 13.2 Å². The molecule has 3 aromatic rings. The third-order valence-electron chi connectivity index (χ3n) is 3.47.